The molecule has 14 heavy (non-hydrogen) atoms. The first-order valence-electron chi connectivity index (χ1n) is 3.96. The Hall–Kier alpha value is -1.15. The van der Waals surface area contributed by atoms with Crippen molar-refractivity contribution in [2.45, 2.75) is 12.8 Å². The van der Waals surface area contributed by atoms with Crippen LogP contribution in [0.25, 0.3) is 0 Å². The van der Waals surface area contributed by atoms with E-state index in [0.717, 1.165) is 6.26 Å². The van der Waals surface area contributed by atoms with Gasteiger partial charge in [0.1, 0.15) is 0 Å². The molecule has 0 saturated carbocycles. The third kappa shape index (κ3) is 4.19. The maximum absolute atomic E-state index is 10.6. The molecule has 0 fully saturated rings. The predicted octanol–water partition coefficient (Wildman–Crippen LogP) is -1.16. The first kappa shape index (κ1) is 10.9. The summed E-state index contributed by atoms with van der Waals surface area (Å²) in [5, 5.41) is 5.68. The molecule has 0 spiro atoms. The van der Waals surface area contributed by atoms with Crippen molar-refractivity contribution in [1.82, 2.24) is 14.9 Å². The van der Waals surface area contributed by atoms with Crippen LogP contribution >= 0.6 is 0 Å². The Labute approximate surface area is 80.6 Å². The Balaban J connectivity index is 2.26. The molecule has 0 aliphatic rings. The van der Waals surface area contributed by atoms with Crippen LogP contribution in [0.3, 0.4) is 0 Å². The second kappa shape index (κ2) is 4.38. The minimum atomic E-state index is -3.14. The van der Waals surface area contributed by atoms with Crippen LogP contribution in [-0.4, -0.2) is 31.4 Å². The molecule has 2 N–H and O–H groups in total. The molecule has 80 valence electrons. The topological polar surface area (TPSA) is 105 Å². The summed E-state index contributed by atoms with van der Waals surface area (Å²) in [6.07, 6.45) is 2.03. The van der Waals surface area contributed by atoms with Gasteiger partial charge in [0, 0.05) is 13.0 Å². The maximum Gasteiger partial charge on any atom is 0.434 e. The molecule has 0 bridgehead atoms. The van der Waals surface area contributed by atoms with Crippen molar-refractivity contribution >= 4 is 10.0 Å². The monoisotopic (exact) mass is 221 g/mol. The van der Waals surface area contributed by atoms with E-state index in [0.29, 0.717) is 19.4 Å². The molecule has 0 aliphatic carbocycles. The van der Waals surface area contributed by atoms with Gasteiger partial charge in [-0.3, -0.25) is 0 Å². The second-order valence-electron chi connectivity index (χ2n) is 2.78. The molecule has 7 nitrogen and oxygen atoms in total. The zero-order chi connectivity index (χ0) is 10.6. The number of nitrogens with zero attached hydrogens (tertiary/aromatic N) is 1. The molecule has 0 amide bonds. The fourth-order valence-electron chi connectivity index (χ4n) is 0.865. The normalized spacial score (nSPS) is 11.8. The average molecular weight is 221 g/mol. The molecule has 1 aromatic heterocycles. The van der Waals surface area contributed by atoms with Gasteiger partial charge in [0.25, 0.3) is 0 Å². The third-order valence-corrected chi connectivity index (χ3v) is 2.14. The van der Waals surface area contributed by atoms with Gasteiger partial charge in [-0.1, -0.05) is 0 Å². The number of aromatic nitrogens is 2. The van der Waals surface area contributed by atoms with E-state index in [1.165, 1.54) is 0 Å². The maximum atomic E-state index is 10.6. The lowest BCUT2D eigenvalue weighted by Gasteiger charge is -1.98. The predicted molar refractivity (Wildman–Crippen MR) is 48.3 cm³/mol. The number of hydrogen-bond acceptors (Lipinski definition) is 5. The molecule has 0 unspecified atom stereocenters. The SMILES string of the molecule is CS(=O)(=O)NCCCc1n[nH]c(=O)o1. The van der Waals surface area contributed by atoms with Gasteiger partial charge in [-0.25, -0.2) is 23.0 Å². The molecular formula is C6H11N3O4S. The van der Waals surface area contributed by atoms with E-state index in [-0.39, 0.29) is 5.89 Å². The van der Waals surface area contributed by atoms with Crippen LogP contribution in [0.15, 0.2) is 9.21 Å². The van der Waals surface area contributed by atoms with Gasteiger partial charge in [0.05, 0.1) is 6.26 Å². The molecule has 1 aromatic rings. The Morgan fingerprint density at radius 2 is 2.29 bits per heavy atom. The summed E-state index contributed by atoms with van der Waals surface area (Å²) in [5.74, 6) is -0.318. The minimum absolute atomic E-state index is 0.283. The lowest BCUT2D eigenvalue weighted by atomic mass is 10.3. The number of H-pyrrole nitrogens is 1. The van der Waals surface area contributed by atoms with Crippen LogP contribution in [0.4, 0.5) is 0 Å². The average Bonchev–Trinajstić information content (AvgIpc) is 2.44. The van der Waals surface area contributed by atoms with Crippen LogP contribution in [0.2, 0.25) is 0 Å². The lowest BCUT2D eigenvalue weighted by Crippen LogP contribution is -2.23. The van der Waals surface area contributed by atoms with Crippen molar-refractivity contribution in [3.05, 3.63) is 16.4 Å². The largest absolute Gasteiger partial charge is 0.434 e. The summed E-state index contributed by atoms with van der Waals surface area (Å²) in [6, 6.07) is 0. The lowest BCUT2D eigenvalue weighted by molar-refractivity contribution is 0.455. The fraction of sp³-hybridized carbons (Fsp3) is 0.667. The molecule has 1 heterocycles. The summed E-state index contributed by atoms with van der Waals surface area (Å²) >= 11 is 0. The standard InChI is InChI=1S/C6H11N3O4S/c1-14(11,12)7-4-2-3-5-8-9-6(10)13-5/h7H,2-4H2,1H3,(H,9,10). The van der Waals surface area contributed by atoms with Gasteiger partial charge in [-0.15, -0.1) is 5.10 Å². The van der Waals surface area contributed by atoms with Gasteiger partial charge in [-0.2, -0.15) is 0 Å². The number of rotatable bonds is 5. The number of aryl methyl sites for hydroxylation is 1. The van der Waals surface area contributed by atoms with Gasteiger partial charge in [-0.05, 0) is 6.42 Å². The van der Waals surface area contributed by atoms with E-state index in [1.807, 2.05) is 0 Å². The number of aromatic amines is 1. The Morgan fingerprint density at radius 3 is 2.79 bits per heavy atom. The molecule has 0 radical (unpaired) electrons. The van der Waals surface area contributed by atoms with Crippen LogP contribution in [-0.2, 0) is 16.4 Å². The number of nitrogens with one attached hydrogen (secondary N) is 2. The van der Waals surface area contributed by atoms with Crippen molar-refractivity contribution in [2.75, 3.05) is 12.8 Å². The van der Waals surface area contributed by atoms with E-state index in [9.17, 15) is 13.2 Å². The summed E-state index contributed by atoms with van der Waals surface area (Å²) in [5.41, 5.74) is 0. The zero-order valence-corrected chi connectivity index (χ0v) is 8.43. The number of hydrogen-bond donors (Lipinski definition) is 2. The first-order chi connectivity index (χ1) is 6.47. The van der Waals surface area contributed by atoms with Crippen LogP contribution < -0.4 is 10.5 Å². The highest BCUT2D eigenvalue weighted by molar-refractivity contribution is 7.88. The summed E-state index contributed by atoms with van der Waals surface area (Å²) in [6.45, 7) is 0.301. The highest BCUT2D eigenvalue weighted by atomic mass is 32.2. The van der Waals surface area contributed by atoms with Crippen LogP contribution in [0.1, 0.15) is 12.3 Å². The summed E-state index contributed by atoms with van der Waals surface area (Å²) in [7, 11) is -3.14. The molecule has 0 aliphatic heterocycles. The van der Waals surface area contributed by atoms with Crippen molar-refractivity contribution in [1.29, 1.82) is 0 Å². The molecule has 0 aromatic carbocycles. The van der Waals surface area contributed by atoms with E-state index >= 15 is 0 Å². The molecular weight excluding hydrogens is 210 g/mol. The van der Waals surface area contributed by atoms with Gasteiger partial charge < -0.3 is 4.42 Å². The number of sulfonamides is 1. The second-order valence-corrected chi connectivity index (χ2v) is 4.61. The van der Waals surface area contributed by atoms with Gasteiger partial charge in [0.2, 0.25) is 15.9 Å². The van der Waals surface area contributed by atoms with Crippen LogP contribution in [0, 0.1) is 0 Å². The highest BCUT2D eigenvalue weighted by Crippen LogP contribution is 1.93. The Bertz CT molecular complexity index is 432. The quantitative estimate of drug-likeness (QED) is 0.610. The van der Waals surface area contributed by atoms with E-state index in [4.69, 9.17) is 0 Å². The van der Waals surface area contributed by atoms with Crippen molar-refractivity contribution in [3.63, 3.8) is 0 Å². The van der Waals surface area contributed by atoms with E-state index < -0.39 is 15.8 Å². The smallest absolute Gasteiger partial charge is 0.393 e. The van der Waals surface area contributed by atoms with Gasteiger partial charge in [0.15, 0.2) is 0 Å². The molecule has 0 saturated heterocycles. The Morgan fingerprint density at radius 1 is 1.57 bits per heavy atom. The third-order valence-electron chi connectivity index (χ3n) is 1.41. The van der Waals surface area contributed by atoms with Crippen molar-refractivity contribution < 1.29 is 12.8 Å². The minimum Gasteiger partial charge on any atom is -0.393 e. The Kier molecular flexibility index (Phi) is 3.42. The van der Waals surface area contributed by atoms with Crippen LogP contribution in [0.5, 0.6) is 0 Å². The van der Waals surface area contributed by atoms with E-state index in [2.05, 4.69) is 19.3 Å². The van der Waals surface area contributed by atoms with Crippen molar-refractivity contribution in [2.24, 2.45) is 0 Å². The first-order valence-corrected chi connectivity index (χ1v) is 5.85. The zero-order valence-electron chi connectivity index (χ0n) is 7.61. The van der Waals surface area contributed by atoms with Gasteiger partial charge >= 0.3 is 5.76 Å². The summed E-state index contributed by atoms with van der Waals surface area (Å²) < 4.78 is 28.2. The van der Waals surface area contributed by atoms with E-state index in [1.54, 1.807) is 0 Å². The summed E-state index contributed by atoms with van der Waals surface area (Å²) in [4.78, 5) is 10.5. The van der Waals surface area contributed by atoms with Crippen molar-refractivity contribution in [3.8, 4) is 0 Å². The molecule has 1 rings (SSSR count). The molecule has 8 heteroatoms. The molecule has 0 atom stereocenters. The fourth-order valence-corrected chi connectivity index (χ4v) is 1.38. The highest BCUT2D eigenvalue weighted by Gasteiger charge is 2.02.